The average Bonchev–Trinajstić information content (AvgIpc) is 2.95. The quantitative estimate of drug-likeness (QED) is 0.663. The summed E-state index contributed by atoms with van der Waals surface area (Å²) < 4.78 is 1.11. The molecule has 2 aromatic carbocycles. The van der Waals surface area contributed by atoms with Crippen LogP contribution in [0.3, 0.4) is 0 Å². The van der Waals surface area contributed by atoms with E-state index in [4.69, 9.17) is 11.6 Å². The molecule has 0 bridgehead atoms. The Labute approximate surface area is 143 Å². The van der Waals surface area contributed by atoms with Crippen molar-refractivity contribution in [3.63, 3.8) is 0 Å². The van der Waals surface area contributed by atoms with Crippen molar-refractivity contribution in [2.24, 2.45) is 0 Å². The van der Waals surface area contributed by atoms with Crippen molar-refractivity contribution in [3.05, 3.63) is 64.2 Å². The normalized spacial score (nSPS) is 11.3. The molecule has 0 radical (unpaired) electrons. The number of rotatable bonds is 3. The molecule has 1 aromatic heterocycles. The third-order valence-electron chi connectivity index (χ3n) is 3.47. The standard InChI is InChI=1S/C18H15ClN2OS/c1-11-3-4-12(2)17-16(11)21-18(23-17)20-15(22)10-7-13-5-8-14(19)9-6-13/h3-10H,1-2H3,(H,20,21,22)/b10-7+. The van der Waals surface area contributed by atoms with Crippen LogP contribution in [0.15, 0.2) is 42.5 Å². The first-order valence-corrected chi connectivity index (χ1v) is 8.34. The van der Waals surface area contributed by atoms with Gasteiger partial charge >= 0.3 is 0 Å². The SMILES string of the molecule is Cc1ccc(C)c2sc(NC(=O)/C=C/c3ccc(Cl)cc3)nc12. The number of halogens is 1. The lowest BCUT2D eigenvalue weighted by molar-refractivity contribution is -0.111. The molecule has 5 heteroatoms. The van der Waals surface area contributed by atoms with Gasteiger partial charge in [-0.15, -0.1) is 0 Å². The van der Waals surface area contributed by atoms with Crippen LogP contribution < -0.4 is 5.32 Å². The Hall–Kier alpha value is -2.17. The van der Waals surface area contributed by atoms with Crippen LogP contribution in [0.2, 0.25) is 5.02 Å². The molecule has 0 spiro atoms. The topological polar surface area (TPSA) is 42.0 Å². The number of aryl methyl sites for hydroxylation is 2. The average molecular weight is 343 g/mol. The molecule has 3 rings (SSSR count). The van der Waals surface area contributed by atoms with Gasteiger partial charge in [-0.25, -0.2) is 4.98 Å². The van der Waals surface area contributed by atoms with Gasteiger partial charge < -0.3 is 0 Å². The Bertz CT molecular complexity index is 858. The van der Waals surface area contributed by atoms with Crippen LogP contribution >= 0.6 is 22.9 Å². The summed E-state index contributed by atoms with van der Waals surface area (Å²) >= 11 is 7.33. The van der Waals surface area contributed by atoms with Crippen LogP contribution in [0.25, 0.3) is 16.3 Å². The zero-order valence-electron chi connectivity index (χ0n) is 12.8. The molecular weight excluding hydrogens is 328 g/mol. The first-order valence-electron chi connectivity index (χ1n) is 7.14. The van der Waals surface area contributed by atoms with E-state index in [1.165, 1.54) is 23.0 Å². The van der Waals surface area contributed by atoms with Crippen molar-refractivity contribution < 1.29 is 4.79 Å². The molecule has 0 saturated heterocycles. The molecule has 1 heterocycles. The van der Waals surface area contributed by atoms with Gasteiger partial charge in [-0.2, -0.15) is 0 Å². The van der Waals surface area contributed by atoms with Gasteiger partial charge in [-0.1, -0.05) is 47.2 Å². The number of anilines is 1. The van der Waals surface area contributed by atoms with E-state index in [0.717, 1.165) is 21.3 Å². The fourth-order valence-electron chi connectivity index (χ4n) is 2.21. The fourth-order valence-corrected chi connectivity index (χ4v) is 3.35. The van der Waals surface area contributed by atoms with Crippen molar-refractivity contribution in [1.82, 2.24) is 4.98 Å². The lowest BCUT2D eigenvalue weighted by Gasteiger charge is -1.96. The van der Waals surface area contributed by atoms with Gasteiger partial charge in [0.2, 0.25) is 5.91 Å². The number of amides is 1. The Morgan fingerprint density at radius 1 is 1.13 bits per heavy atom. The fraction of sp³-hybridized carbons (Fsp3) is 0.111. The summed E-state index contributed by atoms with van der Waals surface area (Å²) in [6.07, 6.45) is 3.24. The molecule has 0 unspecified atom stereocenters. The molecule has 0 aliphatic rings. The van der Waals surface area contributed by atoms with Crippen LogP contribution in [0.1, 0.15) is 16.7 Å². The number of thiazole rings is 1. The van der Waals surface area contributed by atoms with Crippen LogP contribution in [0.4, 0.5) is 5.13 Å². The lowest BCUT2D eigenvalue weighted by atomic mass is 10.1. The smallest absolute Gasteiger partial charge is 0.250 e. The van der Waals surface area contributed by atoms with E-state index in [9.17, 15) is 4.79 Å². The lowest BCUT2D eigenvalue weighted by Crippen LogP contribution is -2.07. The maximum absolute atomic E-state index is 12.0. The molecule has 1 N–H and O–H groups in total. The summed E-state index contributed by atoms with van der Waals surface area (Å²) in [5.74, 6) is -0.200. The Morgan fingerprint density at radius 2 is 1.83 bits per heavy atom. The summed E-state index contributed by atoms with van der Waals surface area (Å²) in [7, 11) is 0. The van der Waals surface area contributed by atoms with Crippen LogP contribution in [-0.2, 0) is 4.79 Å². The number of carbonyl (C=O) groups is 1. The summed E-state index contributed by atoms with van der Waals surface area (Å²) in [5.41, 5.74) is 4.15. The zero-order chi connectivity index (χ0) is 16.4. The first-order chi connectivity index (χ1) is 11.0. The van der Waals surface area contributed by atoms with Crippen molar-refractivity contribution >= 4 is 50.3 Å². The molecule has 0 aliphatic heterocycles. The van der Waals surface area contributed by atoms with Gasteiger partial charge in [0.15, 0.2) is 5.13 Å². The van der Waals surface area contributed by atoms with Crippen molar-refractivity contribution in [2.45, 2.75) is 13.8 Å². The number of nitrogens with zero attached hydrogens (tertiary/aromatic N) is 1. The number of benzene rings is 2. The van der Waals surface area contributed by atoms with Crippen LogP contribution in [-0.4, -0.2) is 10.9 Å². The first kappa shape index (κ1) is 15.7. The molecule has 3 aromatic rings. The van der Waals surface area contributed by atoms with Crippen molar-refractivity contribution in [1.29, 1.82) is 0 Å². The van der Waals surface area contributed by atoms with Gasteiger partial charge in [-0.3, -0.25) is 10.1 Å². The molecule has 0 saturated carbocycles. The summed E-state index contributed by atoms with van der Waals surface area (Å²) in [5, 5.41) is 4.11. The molecule has 23 heavy (non-hydrogen) atoms. The van der Waals surface area contributed by atoms with E-state index in [2.05, 4.69) is 16.4 Å². The maximum Gasteiger partial charge on any atom is 0.250 e. The number of aromatic nitrogens is 1. The van der Waals surface area contributed by atoms with E-state index >= 15 is 0 Å². The summed E-state index contributed by atoms with van der Waals surface area (Å²) in [4.78, 5) is 16.6. The van der Waals surface area contributed by atoms with Gasteiger partial charge in [-0.05, 0) is 48.7 Å². The highest BCUT2D eigenvalue weighted by atomic mass is 35.5. The monoisotopic (exact) mass is 342 g/mol. The van der Waals surface area contributed by atoms with E-state index in [-0.39, 0.29) is 5.91 Å². The highest BCUT2D eigenvalue weighted by Gasteiger charge is 2.09. The second-order valence-corrected chi connectivity index (χ2v) is 6.71. The van der Waals surface area contributed by atoms with E-state index in [1.54, 1.807) is 18.2 Å². The molecule has 0 atom stereocenters. The van der Waals surface area contributed by atoms with Gasteiger partial charge in [0.05, 0.1) is 10.2 Å². The van der Waals surface area contributed by atoms with E-state index in [1.807, 2.05) is 32.0 Å². The molecule has 3 nitrogen and oxygen atoms in total. The Balaban J connectivity index is 1.76. The predicted molar refractivity (Wildman–Crippen MR) is 98.2 cm³/mol. The van der Waals surface area contributed by atoms with Gasteiger partial charge in [0.1, 0.15) is 0 Å². The number of nitrogens with one attached hydrogen (secondary N) is 1. The van der Waals surface area contributed by atoms with Crippen LogP contribution in [0, 0.1) is 13.8 Å². The molecular formula is C18H15ClN2OS. The maximum atomic E-state index is 12.0. The minimum Gasteiger partial charge on any atom is -0.298 e. The predicted octanol–water partition coefficient (Wildman–Crippen LogP) is 5.22. The number of fused-ring (bicyclic) bond motifs is 1. The number of hydrogen-bond acceptors (Lipinski definition) is 3. The second-order valence-electron chi connectivity index (χ2n) is 5.27. The highest BCUT2D eigenvalue weighted by Crippen LogP contribution is 2.30. The van der Waals surface area contributed by atoms with Gasteiger partial charge in [0.25, 0.3) is 0 Å². The molecule has 1 amide bonds. The summed E-state index contributed by atoms with van der Waals surface area (Å²) in [6.45, 7) is 4.07. The summed E-state index contributed by atoms with van der Waals surface area (Å²) in [6, 6.07) is 11.4. The largest absolute Gasteiger partial charge is 0.298 e. The third kappa shape index (κ3) is 3.60. The number of hydrogen-bond donors (Lipinski definition) is 1. The highest BCUT2D eigenvalue weighted by molar-refractivity contribution is 7.22. The minimum atomic E-state index is -0.200. The molecule has 0 fully saturated rings. The second kappa shape index (κ2) is 6.52. The van der Waals surface area contributed by atoms with E-state index < -0.39 is 0 Å². The van der Waals surface area contributed by atoms with Gasteiger partial charge in [0, 0.05) is 11.1 Å². The number of carbonyl (C=O) groups excluding carboxylic acids is 1. The zero-order valence-corrected chi connectivity index (χ0v) is 14.3. The van der Waals surface area contributed by atoms with Crippen molar-refractivity contribution in [2.75, 3.05) is 5.32 Å². The molecule has 0 aliphatic carbocycles. The van der Waals surface area contributed by atoms with Crippen molar-refractivity contribution in [3.8, 4) is 0 Å². The minimum absolute atomic E-state index is 0.200. The van der Waals surface area contributed by atoms with E-state index in [0.29, 0.717) is 10.2 Å². The van der Waals surface area contributed by atoms with Crippen LogP contribution in [0.5, 0.6) is 0 Å². The Kier molecular flexibility index (Phi) is 4.46. The molecule has 116 valence electrons. The third-order valence-corrected chi connectivity index (χ3v) is 4.83. The Morgan fingerprint density at radius 3 is 2.52 bits per heavy atom.